The highest BCUT2D eigenvalue weighted by Crippen LogP contribution is 2.51. The van der Waals surface area contributed by atoms with Crippen molar-refractivity contribution in [2.24, 2.45) is 0 Å². The molecule has 38 heavy (non-hydrogen) atoms. The van der Waals surface area contributed by atoms with Crippen LogP contribution < -0.4 is 18.9 Å². The second kappa shape index (κ2) is 8.64. The topological polar surface area (TPSA) is 89.0 Å². The second-order valence-corrected chi connectivity index (χ2v) is 10.4. The first-order chi connectivity index (χ1) is 18.8. The van der Waals surface area contributed by atoms with E-state index in [9.17, 15) is 0 Å². The highest BCUT2D eigenvalue weighted by Gasteiger charge is 2.28. The summed E-state index contributed by atoms with van der Waals surface area (Å²) in [5, 5.41) is 3.95. The maximum absolute atomic E-state index is 6.03. The van der Waals surface area contributed by atoms with Crippen LogP contribution in [0, 0.1) is 0 Å². The Morgan fingerprint density at radius 2 is 1.05 bits per heavy atom. The molecule has 0 unspecified atom stereocenters. The predicted octanol–water partition coefficient (Wildman–Crippen LogP) is 7.15. The van der Waals surface area contributed by atoms with Crippen LogP contribution in [0.3, 0.4) is 0 Å². The van der Waals surface area contributed by atoms with Crippen LogP contribution in [0.4, 0.5) is 0 Å². The Hall–Kier alpha value is -4.28. The van der Waals surface area contributed by atoms with Gasteiger partial charge in [-0.25, -0.2) is 9.97 Å². The molecule has 188 valence electrons. The van der Waals surface area contributed by atoms with Gasteiger partial charge in [0, 0.05) is 21.9 Å². The van der Waals surface area contributed by atoms with Crippen molar-refractivity contribution in [1.29, 1.82) is 0 Å². The van der Waals surface area contributed by atoms with Crippen LogP contribution in [-0.4, -0.2) is 36.4 Å². The minimum atomic E-state index is 0.497. The van der Waals surface area contributed by atoms with Gasteiger partial charge in [0.05, 0.1) is 33.3 Å². The van der Waals surface area contributed by atoms with Gasteiger partial charge in [-0.1, -0.05) is 12.1 Å². The molecule has 0 fully saturated rings. The van der Waals surface area contributed by atoms with E-state index in [1.807, 2.05) is 35.0 Å². The van der Waals surface area contributed by atoms with Crippen molar-refractivity contribution in [2.75, 3.05) is 26.4 Å². The molecular weight excluding hydrogens is 524 g/mol. The van der Waals surface area contributed by atoms with Crippen LogP contribution in [-0.2, 0) is 0 Å². The zero-order chi connectivity index (χ0) is 25.1. The van der Waals surface area contributed by atoms with Crippen LogP contribution >= 0.6 is 22.7 Å². The van der Waals surface area contributed by atoms with Crippen molar-refractivity contribution >= 4 is 33.7 Å². The Balaban J connectivity index is 1.45. The molecule has 2 aliphatic heterocycles. The van der Waals surface area contributed by atoms with E-state index in [-0.39, 0.29) is 0 Å². The average Bonchev–Trinajstić information content (AvgIpc) is 3.79. The molecule has 8 nitrogen and oxygen atoms in total. The maximum Gasteiger partial charge on any atom is 0.180 e. The summed E-state index contributed by atoms with van der Waals surface area (Å²) in [6.07, 6.45) is 3.25. The Morgan fingerprint density at radius 1 is 0.579 bits per heavy atom. The Bertz CT molecular complexity index is 1660. The van der Waals surface area contributed by atoms with Crippen molar-refractivity contribution in [2.45, 2.75) is 0 Å². The molecule has 7 heterocycles. The number of ether oxygens (including phenoxy) is 4. The van der Waals surface area contributed by atoms with E-state index in [0.29, 0.717) is 60.4 Å². The number of rotatable bonds is 4. The molecule has 0 saturated heterocycles. The summed E-state index contributed by atoms with van der Waals surface area (Å²) < 4.78 is 35.3. The number of benzene rings is 1. The normalized spacial score (nSPS) is 14.2. The molecule has 0 radical (unpaired) electrons. The first-order valence-electron chi connectivity index (χ1n) is 12.0. The minimum Gasteiger partial charge on any atom is -0.485 e. The number of fused-ring (bicyclic) bond motifs is 3. The highest BCUT2D eigenvalue weighted by atomic mass is 32.1. The van der Waals surface area contributed by atoms with Crippen molar-refractivity contribution in [3.8, 4) is 66.8 Å². The molecule has 0 atom stereocenters. The number of furan rings is 2. The van der Waals surface area contributed by atoms with E-state index in [1.165, 1.54) is 0 Å². The lowest BCUT2D eigenvalue weighted by Gasteiger charge is -2.18. The summed E-state index contributed by atoms with van der Waals surface area (Å²) in [5.74, 6) is 4.16. The zero-order valence-electron chi connectivity index (χ0n) is 19.8. The molecule has 0 amide bonds. The lowest BCUT2D eigenvalue weighted by Crippen LogP contribution is -2.14. The summed E-state index contributed by atoms with van der Waals surface area (Å²) in [6.45, 7) is 2.06. The van der Waals surface area contributed by atoms with Gasteiger partial charge in [-0.3, -0.25) is 0 Å². The van der Waals surface area contributed by atoms with Crippen molar-refractivity contribution in [3.63, 3.8) is 0 Å². The summed E-state index contributed by atoms with van der Waals surface area (Å²) in [5.41, 5.74) is 4.39. The van der Waals surface area contributed by atoms with E-state index in [4.69, 9.17) is 37.7 Å². The van der Waals surface area contributed by atoms with Gasteiger partial charge in [-0.15, -0.1) is 22.7 Å². The Kier molecular flexibility index (Phi) is 4.95. The second-order valence-electron chi connectivity index (χ2n) is 8.64. The molecule has 6 aromatic rings. The van der Waals surface area contributed by atoms with Crippen LogP contribution in [0.5, 0.6) is 23.0 Å². The maximum atomic E-state index is 6.03. The van der Waals surface area contributed by atoms with Crippen LogP contribution in [0.2, 0.25) is 0 Å². The fourth-order valence-electron chi connectivity index (χ4n) is 4.77. The van der Waals surface area contributed by atoms with Crippen molar-refractivity contribution in [1.82, 2.24) is 9.97 Å². The SMILES string of the molecule is c1coc(-c2nc3c(-c4scc5c4OCCO5)ccc(-c4scc5c4OCCO5)c3nc2-c2ccco2)c1. The quantitative estimate of drug-likeness (QED) is 0.232. The third-order valence-corrected chi connectivity index (χ3v) is 8.37. The zero-order valence-corrected chi connectivity index (χ0v) is 21.4. The largest absolute Gasteiger partial charge is 0.485 e. The van der Waals surface area contributed by atoms with Crippen molar-refractivity contribution in [3.05, 3.63) is 59.7 Å². The average molecular weight is 543 g/mol. The summed E-state index contributed by atoms with van der Waals surface area (Å²) >= 11 is 3.13. The molecule has 1 aromatic carbocycles. The van der Waals surface area contributed by atoms with E-state index >= 15 is 0 Å². The number of hydrogen-bond donors (Lipinski definition) is 0. The van der Waals surface area contributed by atoms with Gasteiger partial charge >= 0.3 is 0 Å². The van der Waals surface area contributed by atoms with E-state index < -0.39 is 0 Å². The molecule has 0 saturated carbocycles. The predicted molar refractivity (Wildman–Crippen MR) is 144 cm³/mol. The monoisotopic (exact) mass is 542 g/mol. The molecule has 0 aliphatic carbocycles. The van der Waals surface area contributed by atoms with Crippen LogP contribution in [0.1, 0.15) is 0 Å². The van der Waals surface area contributed by atoms with Crippen LogP contribution in [0.25, 0.3) is 54.8 Å². The van der Waals surface area contributed by atoms with Gasteiger partial charge in [0.15, 0.2) is 34.5 Å². The Labute approximate surface area is 224 Å². The Morgan fingerprint density at radius 3 is 1.50 bits per heavy atom. The van der Waals surface area contributed by atoms with E-state index in [1.54, 1.807) is 35.2 Å². The van der Waals surface area contributed by atoms with Gasteiger partial charge in [0.2, 0.25) is 0 Å². The minimum absolute atomic E-state index is 0.497. The number of hydrogen-bond acceptors (Lipinski definition) is 10. The van der Waals surface area contributed by atoms with E-state index in [0.717, 1.165) is 43.9 Å². The van der Waals surface area contributed by atoms with Gasteiger partial charge < -0.3 is 27.8 Å². The first kappa shape index (κ1) is 21.8. The fraction of sp³-hybridized carbons (Fsp3) is 0.143. The highest BCUT2D eigenvalue weighted by molar-refractivity contribution is 7.15. The smallest absolute Gasteiger partial charge is 0.180 e. The third kappa shape index (κ3) is 3.34. The van der Waals surface area contributed by atoms with Crippen LogP contribution in [0.15, 0.2) is 68.5 Å². The fourth-order valence-corrected chi connectivity index (χ4v) is 6.69. The summed E-state index contributed by atoms with van der Waals surface area (Å²) in [6, 6.07) is 11.5. The molecule has 10 heteroatoms. The molecule has 8 rings (SSSR count). The first-order valence-corrected chi connectivity index (χ1v) is 13.8. The summed E-state index contributed by atoms with van der Waals surface area (Å²) in [7, 11) is 0. The number of aromatic nitrogens is 2. The van der Waals surface area contributed by atoms with Gasteiger partial charge in [0.1, 0.15) is 37.8 Å². The van der Waals surface area contributed by atoms with Gasteiger partial charge in [-0.05, 0) is 24.3 Å². The van der Waals surface area contributed by atoms with Crippen molar-refractivity contribution < 1.29 is 27.8 Å². The molecule has 0 bridgehead atoms. The number of thiophene rings is 2. The molecule has 0 spiro atoms. The molecular formula is C28H18N2O6S2. The third-order valence-electron chi connectivity index (χ3n) is 6.42. The molecule has 0 N–H and O–H groups in total. The standard InChI is InChI=1S/C28H18N2O6S2/c1-3-17(31-7-1)23-24(18-4-2-8-32-18)30-22-16(28-26-20(14-38-28)34-10-12-36-26)6-5-15(21(22)29-23)27-25-19(13-37-27)33-9-11-35-25/h1-8,13-14H,9-12H2. The number of nitrogens with zero attached hydrogens (tertiary/aromatic N) is 2. The summed E-state index contributed by atoms with van der Waals surface area (Å²) in [4.78, 5) is 12.3. The molecule has 5 aromatic heterocycles. The van der Waals surface area contributed by atoms with Gasteiger partial charge in [0.25, 0.3) is 0 Å². The molecule has 2 aliphatic rings. The van der Waals surface area contributed by atoms with E-state index in [2.05, 4.69) is 12.1 Å². The van der Waals surface area contributed by atoms with Gasteiger partial charge in [-0.2, -0.15) is 0 Å². The lowest BCUT2D eigenvalue weighted by atomic mass is 10.0. The lowest BCUT2D eigenvalue weighted by molar-refractivity contribution is 0.174.